The predicted octanol–water partition coefficient (Wildman–Crippen LogP) is 3.64. The molecule has 32 heavy (non-hydrogen) atoms. The van der Waals surface area contributed by atoms with Crippen molar-refractivity contribution in [2.24, 2.45) is 5.41 Å². The normalized spacial score (nSPS) is 18.2. The number of amides is 1. The number of aliphatic hydroxyl groups excluding tert-OH is 1. The van der Waals surface area contributed by atoms with Crippen LogP contribution in [-0.4, -0.2) is 61.0 Å². The zero-order valence-electron chi connectivity index (χ0n) is 20.6. The molecule has 0 spiro atoms. The van der Waals surface area contributed by atoms with Crippen molar-refractivity contribution >= 4 is 6.09 Å². The van der Waals surface area contributed by atoms with Crippen LogP contribution in [0.4, 0.5) is 4.79 Å². The van der Waals surface area contributed by atoms with Gasteiger partial charge in [0.05, 0.1) is 25.4 Å². The van der Waals surface area contributed by atoms with E-state index < -0.39 is 29.6 Å². The van der Waals surface area contributed by atoms with Crippen LogP contribution in [0, 0.1) is 5.41 Å². The molecule has 1 unspecified atom stereocenters. The minimum Gasteiger partial charge on any atom is -0.444 e. The molecule has 0 radical (unpaired) electrons. The van der Waals surface area contributed by atoms with Gasteiger partial charge in [0.25, 0.3) is 0 Å². The van der Waals surface area contributed by atoms with Crippen LogP contribution in [0.25, 0.3) is 0 Å². The summed E-state index contributed by atoms with van der Waals surface area (Å²) in [7, 11) is 0. The lowest BCUT2D eigenvalue weighted by atomic mass is 9.86. The highest BCUT2D eigenvalue weighted by molar-refractivity contribution is 5.68. The molecular formula is C25H42N2O5. The van der Waals surface area contributed by atoms with Gasteiger partial charge in [-0.1, -0.05) is 44.2 Å². The number of carbonyl (C=O) groups excluding carboxylic acids is 1. The number of hydrogen-bond donors (Lipinski definition) is 3. The lowest BCUT2D eigenvalue weighted by Crippen LogP contribution is -2.50. The molecule has 1 aliphatic rings. The Bertz CT molecular complexity index is 696. The zero-order valence-corrected chi connectivity index (χ0v) is 20.6. The van der Waals surface area contributed by atoms with E-state index >= 15 is 0 Å². The molecule has 2 rings (SSSR count). The maximum absolute atomic E-state index is 12.3. The van der Waals surface area contributed by atoms with Crippen LogP contribution in [0.1, 0.15) is 59.9 Å². The van der Waals surface area contributed by atoms with Gasteiger partial charge >= 0.3 is 6.09 Å². The summed E-state index contributed by atoms with van der Waals surface area (Å²) in [4.78, 5) is 12.3. The number of rotatable bonds is 11. The monoisotopic (exact) mass is 450 g/mol. The summed E-state index contributed by atoms with van der Waals surface area (Å²) >= 11 is 0. The van der Waals surface area contributed by atoms with Gasteiger partial charge in [-0.05, 0) is 51.5 Å². The second-order valence-electron chi connectivity index (χ2n) is 10.6. The van der Waals surface area contributed by atoms with Crippen LogP contribution in [0.5, 0.6) is 0 Å². The Balaban J connectivity index is 1.88. The number of aliphatic hydroxyl groups is 1. The Labute approximate surface area is 193 Å². The van der Waals surface area contributed by atoms with Gasteiger partial charge in [-0.3, -0.25) is 0 Å². The smallest absolute Gasteiger partial charge is 0.407 e. The third kappa shape index (κ3) is 9.86. The first-order valence-electron chi connectivity index (χ1n) is 11.6. The second-order valence-corrected chi connectivity index (χ2v) is 10.6. The molecule has 1 aromatic rings. The van der Waals surface area contributed by atoms with Crippen LogP contribution < -0.4 is 10.6 Å². The van der Waals surface area contributed by atoms with Crippen LogP contribution >= 0.6 is 0 Å². The van der Waals surface area contributed by atoms with E-state index in [9.17, 15) is 9.90 Å². The second kappa shape index (κ2) is 11.5. The molecular weight excluding hydrogens is 408 g/mol. The molecule has 0 bridgehead atoms. The molecule has 7 heteroatoms. The summed E-state index contributed by atoms with van der Waals surface area (Å²) in [5, 5.41) is 17.1. The fraction of sp³-hybridized carbons (Fsp3) is 0.720. The molecule has 7 nitrogen and oxygen atoms in total. The molecule has 3 N–H and O–H groups in total. The summed E-state index contributed by atoms with van der Waals surface area (Å²) in [6, 6.07) is 9.35. The van der Waals surface area contributed by atoms with Gasteiger partial charge in [-0.25, -0.2) is 4.79 Å². The van der Waals surface area contributed by atoms with Crippen molar-refractivity contribution in [3.8, 4) is 0 Å². The quantitative estimate of drug-likeness (QED) is 0.477. The molecule has 0 saturated carbocycles. The van der Waals surface area contributed by atoms with Gasteiger partial charge in [0.15, 0.2) is 5.79 Å². The Morgan fingerprint density at radius 2 is 1.78 bits per heavy atom. The number of alkyl carbamates (subject to hydrolysis) is 1. The Morgan fingerprint density at radius 3 is 2.38 bits per heavy atom. The van der Waals surface area contributed by atoms with Crippen molar-refractivity contribution in [3.05, 3.63) is 35.9 Å². The van der Waals surface area contributed by atoms with E-state index in [0.29, 0.717) is 26.2 Å². The number of hydrogen-bond acceptors (Lipinski definition) is 6. The van der Waals surface area contributed by atoms with Crippen LogP contribution in [-0.2, 0) is 20.6 Å². The third-order valence-corrected chi connectivity index (χ3v) is 5.58. The Hall–Kier alpha value is -1.67. The summed E-state index contributed by atoms with van der Waals surface area (Å²) in [6.07, 6.45) is 0.969. The van der Waals surface area contributed by atoms with Crippen molar-refractivity contribution < 1.29 is 24.1 Å². The molecule has 1 aliphatic heterocycles. The highest BCUT2D eigenvalue weighted by Gasteiger charge is 2.33. The van der Waals surface area contributed by atoms with Crippen molar-refractivity contribution in [1.29, 1.82) is 0 Å². The molecule has 0 aromatic heterocycles. The molecule has 1 fully saturated rings. The largest absolute Gasteiger partial charge is 0.444 e. The third-order valence-electron chi connectivity index (χ3n) is 5.58. The van der Waals surface area contributed by atoms with E-state index in [1.54, 1.807) is 0 Å². The van der Waals surface area contributed by atoms with Crippen molar-refractivity contribution in [2.75, 3.05) is 26.3 Å². The number of carbonyl (C=O) groups is 1. The fourth-order valence-corrected chi connectivity index (χ4v) is 3.67. The first-order valence-corrected chi connectivity index (χ1v) is 11.6. The lowest BCUT2D eigenvalue weighted by Gasteiger charge is -2.31. The number of benzene rings is 1. The molecule has 2 atom stereocenters. The van der Waals surface area contributed by atoms with E-state index in [0.717, 1.165) is 24.9 Å². The highest BCUT2D eigenvalue weighted by Crippen LogP contribution is 2.30. The van der Waals surface area contributed by atoms with Gasteiger partial charge in [-0.2, -0.15) is 0 Å². The Morgan fingerprint density at radius 1 is 1.16 bits per heavy atom. The summed E-state index contributed by atoms with van der Waals surface area (Å²) < 4.78 is 16.8. The minimum atomic E-state index is -0.766. The van der Waals surface area contributed by atoms with E-state index in [1.165, 1.54) is 0 Å². The fourth-order valence-electron chi connectivity index (χ4n) is 3.67. The summed E-state index contributed by atoms with van der Waals surface area (Å²) in [6.45, 7) is 14.2. The summed E-state index contributed by atoms with van der Waals surface area (Å²) in [5.74, 6) is -0.491. The number of nitrogens with one attached hydrogen (secondary N) is 2. The van der Waals surface area contributed by atoms with Crippen LogP contribution in [0.3, 0.4) is 0 Å². The zero-order chi connectivity index (χ0) is 23.8. The average Bonchev–Trinajstić information content (AvgIpc) is 3.12. The van der Waals surface area contributed by atoms with Gasteiger partial charge in [0.1, 0.15) is 5.60 Å². The maximum Gasteiger partial charge on any atom is 0.407 e. The molecule has 1 aromatic carbocycles. The number of ether oxygens (including phenoxy) is 3. The molecule has 182 valence electrons. The van der Waals surface area contributed by atoms with Crippen molar-refractivity contribution in [3.63, 3.8) is 0 Å². The molecule has 1 amide bonds. The predicted molar refractivity (Wildman–Crippen MR) is 126 cm³/mol. The SMILES string of the molecule is CC(C)(CCC1(C)OCCO1)CNCC(O)[C@H](Cc1ccccc1)NC(=O)OC(C)(C)C. The van der Waals surface area contributed by atoms with Gasteiger partial charge in [0.2, 0.25) is 0 Å². The van der Waals surface area contributed by atoms with Crippen LogP contribution in [0.2, 0.25) is 0 Å². The topological polar surface area (TPSA) is 89.0 Å². The van der Waals surface area contributed by atoms with Gasteiger partial charge in [0, 0.05) is 19.5 Å². The van der Waals surface area contributed by atoms with E-state index in [4.69, 9.17) is 14.2 Å². The molecule has 1 saturated heterocycles. The van der Waals surface area contributed by atoms with Crippen LogP contribution in [0.15, 0.2) is 30.3 Å². The standard InChI is InChI=1S/C25H42N2O5/c1-23(2,3)32-22(29)27-20(16-19-10-8-7-9-11-19)21(28)17-26-18-24(4,5)12-13-25(6)30-14-15-31-25/h7-11,20-21,26,28H,12-18H2,1-6H3,(H,27,29)/t20-,21?/m0/s1. The summed E-state index contributed by atoms with van der Waals surface area (Å²) in [5.41, 5.74) is 0.446. The van der Waals surface area contributed by atoms with Gasteiger partial charge < -0.3 is 30.0 Å². The molecule has 0 aliphatic carbocycles. The minimum absolute atomic E-state index is 0.00552. The van der Waals surface area contributed by atoms with E-state index in [2.05, 4.69) is 24.5 Å². The maximum atomic E-state index is 12.3. The van der Waals surface area contributed by atoms with Crippen molar-refractivity contribution in [2.45, 2.75) is 84.3 Å². The van der Waals surface area contributed by atoms with E-state index in [-0.39, 0.29) is 5.41 Å². The molecule has 1 heterocycles. The van der Waals surface area contributed by atoms with Gasteiger partial charge in [-0.15, -0.1) is 0 Å². The van der Waals surface area contributed by atoms with E-state index in [1.807, 2.05) is 58.0 Å². The first kappa shape index (κ1) is 26.6. The Kier molecular flexibility index (Phi) is 9.52. The first-order chi connectivity index (χ1) is 14.9. The average molecular weight is 451 g/mol. The highest BCUT2D eigenvalue weighted by atomic mass is 16.7. The lowest BCUT2D eigenvalue weighted by molar-refractivity contribution is -0.151. The van der Waals surface area contributed by atoms with Crippen molar-refractivity contribution in [1.82, 2.24) is 10.6 Å².